The average molecular weight is 682 g/mol. The van der Waals surface area contributed by atoms with E-state index in [4.69, 9.17) is 9.97 Å². The van der Waals surface area contributed by atoms with Crippen LogP contribution in [0.25, 0.3) is 84.5 Å². The molecule has 244 valence electrons. The van der Waals surface area contributed by atoms with Gasteiger partial charge in [0.15, 0.2) is 0 Å². The number of hydrogen-bond donors (Lipinski definition) is 0. The summed E-state index contributed by atoms with van der Waals surface area (Å²) in [6.07, 6.45) is 6.38. The van der Waals surface area contributed by atoms with E-state index >= 15 is 0 Å². The van der Waals surface area contributed by atoms with Crippen LogP contribution in [-0.4, -0.2) is 14.5 Å². The molecule has 0 aliphatic carbocycles. The predicted octanol–water partition coefficient (Wildman–Crippen LogP) is 12.9. The third kappa shape index (κ3) is 5.24. The Morgan fingerprint density at radius 1 is 0.442 bits per heavy atom. The molecule has 0 N–H and O–H groups in total. The first-order chi connectivity index (χ1) is 25.8. The molecule has 0 spiro atoms. The SMILES string of the molecule is C1=C\c2ccc(-c3ccc4c(c3)c3nc(-c5ccccc5)ccc3n4-c3ccccn3)cc2-c2ccccc2Sc2ccccc2-c2ccccc2/1. The molecule has 9 aromatic rings. The fraction of sp³-hybridized carbons (Fsp3) is 0. The lowest BCUT2D eigenvalue weighted by Gasteiger charge is -2.15. The summed E-state index contributed by atoms with van der Waals surface area (Å²) < 4.78 is 2.22. The Morgan fingerprint density at radius 2 is 1.08 bits per heavy atom. The van der Waals surface area contributed by atoms with Crippen LogP contribution in [0.5, 0.6) is 0 Å². The van der Waals surface area contributed by atoms with Crippen molar-refractivity contribution in [2.45, 2.75) is 9.79 Å². The van der Waals surface area contributed by atoms with E-state index in [0.29, 0.717) is 0 Å². The molecular weight excluding hydrogens is 651 g/mol. The van der Waals surface area contributed by atoms with Crippen LogP contribution >= 0.6 is 11.8 Å². The van der Waals surface area contributed by atoms with Crippen LogP contribution in [0.15, 0.2) is 186 Å². The van der Waals surface area contributed by atoms with E-state index < -0.39 is 0 Å². The van der Waals surface area contributed by atoms with Crippen molar-refractivity contribution in [3.8, 4) is 50.5 Å². The Balaban J connectivity index is 1.17. The lowest BCUT2D eigenvalue weighted by molar-refractivity contribution is 1.08. The molecule has 4 heteroatoms. The number of aromatic nitrogens is 3. The van der Waals surface area contributed by atoms with Gasteiger partial charge in [-0.05, 0) is 99.1 Å². The van der Waals surface area contributed by atoms with Gasteiger partial charge >= 0.3 is 0 Å². The minimum atomic E-state index is 0.873. The van der Waals surface area contributed by atoms with Crippen molar-refractivity contribution in [1.29, 1.82) is 0 Å². The van der Waals surface area contributed by atoms with Gasteiger partial charge in [0.25, 0.3) is 0 Å². The van der Waals surface area contributed by atoms with Crippen LogP contribution in [0, 0.1) is 0 Å². The van der Waals surface area contributed by atoms with E-state index in [0.717, 1.165) is 50.1 Å². The normalized spacial score (nSPS) is 12.7. The lowest BCUT2D eigenvalue weighted by atomic mass is 9.93. The highest BCUT2D eigenvalue weighted by molar-refractivity contribution is 7.99. The molecule has 0 atom stereocenters. The molecule has 3 nitrogen and oxygen atoms in total. The standard InChI is InChI=1S/C48H31N3S/c1-2-13-34(14-3-1)42-26-28-44-48(50-42)41-31-36(25-27-43(41)51(44)47-20-10-11-29-49-47)35-24-23-33-22-21-32-12-4-5-15-37(32)38-16-6-8-18-45(38)52-46-19-9-7-17-39(46)40(33)30-35/h1-31H/b22-21-. The van der Waals surface area contributed by atoms with Crippen LogP contribution in [-0.2, 0) is 0 Å². The van der Waals surface area contributed by atoms with E-state index in [9.17, 15) is 0 Å². The van der Waals surface area contributed by atoms with Crippen molar-refractivity contribution in [3.05, 3.63) is 187 Å². The highest BCUT2D eigenvalue weighted by atomic mass is 32.2. The molecule has 0 amide bonds. The van der Waals surface area contributed by atoms with Gasteiger partial charge in [0, 0.05) is 26.9 Å². The predicted molar refractivity (Wildman–Crippen MR) is 218 cm³/mol. The van der Waals surface area contributed by atoms with E-state index in [1.165, 1.54) is 43.2 Å². The first-order valence-electron chi connectivity index (χ1n) is 17.5. The summed E-state index contributed by atoms with van der Waals surface area (Å²) in [5.74, 6) is 0.873. The first-order valence-corrected chi connectivity index (χ1v) is 18.3. The molecule has 1 aliphatic rings. The third-order valence-corrected chi connectivity index (χ3v) is 11.1. The summed E-state index contributed by atoms with van der Waals surface area (Å²) in [6, 6.07) is 60.6. The van der Waals surface area contributed by atoms with Crippen LogP contribution in [0.2, 0.25) is 0 Å². The lowest BCUT2D eigenvalue weighted by Crippen LogP contribution is -1.96. The molecule has 10 rings (SSSR count). The molecular formula is C48H31N3S. The maximum Gasteiger partial charge on any atom is 0.137 e. The minimum Gasteiger partial charge on any atom is -0.292 e. The van der Waals surface area contributed by atoms with Crippen LogP contribution < -0.4 is 0 Å². The fourth-order valence-corrected chi connectivity index (χ4v) is 8.53. The Bertz CT molecular complexity index is 2820. The monoisotopic (exact) mass is 681 g/mol. The van der Waals surface area contributed by atoms with Crippen molar-refractivity contribution in [2.24, 2.45) is 0 Å². The molecule has 1 aliphatic heterocycles. The first kappa shape index (κ1) is 30.3. The molecule has 0 saturated carbocycles. The molecule has 0 radical (unpaired) electrons. The summed E-state index contributed by atoms with van der Waals surface area (Å²) in [5, 5.41) is 1.09. The fourth-order valence-electron chi connectivity index (χ4n) is 7.42. The topological polar surface area (TPSA) is 30.7 Å². The van der Waals surface area contributed by atoms with Crippen molar-refractivity contribution < 1.29 is 0 Å². The molecule has 52 heavy (non-hydrogen) atoms. The van der Waals surface area contributed by atoms with Crippen LogP contribution in [0.4, 0.5) is 0 Å². The zero-order valence-electron chi connectivity index (χ0n) is 28.1. The summed E-state index contributed by atoms with van der Waals surface area (Å²) in [6.45, 7) is 0. The maximum absolute atomic E-state index is 5.28. The third-order valence-electron chi connectivity index (χ3n) is 9.92. The zero-order valence-corrected chi connectivity index (χ0v) is 29.0. The summed E-state index contributed by atoms with van der Waals surface area (Å²) in [4.78, 5) is 12.5. The summed E-state index contributed by atoms with van der Waals surface area (Å²) in [5.41, 5.74) is 14.7. The second-order valence-corrected chi connectivity index (χ2v) is 14.1. The summed E-state index contributed by atoms with van der Waals surface area (Å²) >= 11 is 1.84. The van der Waals surface area contributed by atoms with Gasteiger partial charge in [-0.15, -0.1) is 0 Å². The Kier molecular flexibility index (Phi) is 7.40. The minimum absolute atomic E-state index is 0.873. The quantitative estimate of drug-likeness (QED) is 0.186. The molecule has 3 aromatic heterocycles. The average Bonchev–Trinajstić information content (AvgIpc) is 3.53. The van der Waals surface area contributed by atoms with Crippen molar-refractivity contribution in [3.63, 3.8) is 0 Å². The Labute approximate surface area is 306 Å². The molecule has 6 aromatic carbocycles. The van der Waals surface area contributed by atoms with Crippen molar-refractivity contribution in [2.75, 3.05) is 0 Å². The molecule has 0 bridgehead atoms. The van der Waals surface area contributed by atoms with Crippen LogP contribution in [0.3, 0.4) is 0 Å². The number of pyridine rings is 2. The van der Waals surface area contributed by atoms with E-state index in [-0.39, 0.29) is 0 Å². The number of nitrogens with zero attached hydrogens (tertiary/aromatic N) is 3. The van der Waals surface area contributed by atoms with Gasteiger partial charge in [-0.25, -0.2) is 9.97 Å². The molecule has 4 heterocycles. The van der Waals surface area contributed by atoms with E-state index in [1.54, 1.807) is 0 Å². The van der Waals surface area contributed by atoms with Gasteiger partial charge in [-0.2, -0.15) is 0 Å². The van der Waals surface area contributed by atoms with Gasteiger partial charge in [-0.1, -0.05) is 139 Å². The number of fused-ring (bicyclic) bond motifs is 9. The van der Waals surface area contributed by atoms with Crippen LogP contribution in [0.1, 0.15) is 11.1 Å². The summed E-state index contributed by atoms with van der Waals surface area (Å²) in [7, 11) is 0. The zero-order chi connectivity index (χ0) is 34.4. The molecule has 0 unspecified atom stereocenters. The smallest absolute Gasteiger partial charge is 0.137 e. The molecule has 0 fully saturated rings. The second kappa shape index (κ2) is 12.7. The Morgan fingerprint density at radius 3 is 1.87 bits per heavy atom. The number of benzene rings is 6. The van der Waals surface area contributed by atoms with Crippen molar-refractivity contribution in [1.82, 2.24) is 14.5 Å². The van der Waals surface area contributed by atoms with E-state index in [2.05, 4.69) is 168 Å². The maximum atomic E-state index is 5.28. The second-order valence-electron chi connectivity index (χ2n) is 13.0. The number of hydrogen-bond acceptors (Lipinski definition) is 3. The van der Waals surface area contributed by atoms with E-state index in [1.807, 2.05) is 36.2 Å². The Hall–Kier alpha value is -6.49. The highest BCUT2D eigenvalue weighted by Crippen LogP contribution is 2.44. The van der Waals surface area contributed by atoms with Gasteiger partial charge in [0.2, 0.25) is 0 Å². The molecule has 0 saturated heterocycles. The van der Waals surface area contributed by atoms with Gasteiger partial charge in [0.1, 0.15) is 5.82 Å². The van der Waals surface area contributed by atoms with Gasteiger partial charge in [0.05, 0.1) is 22.2 Å². The number of rotatable bonds is 3. The van der Waals surface area contributed by atoms with Crippen molar-refractivity contribution >= 4 is 45.9 Å². The van der Waals surface area contributed by atoms with Gasteiger partial charge < -0.3 is 0 Å². The largest absolute Gasteiger partial charge is 0.292 e. The highest BCUT2D eigenvalue weighted by Gasteiger charge is 2.19. The van der Waals surface area contributed by atoms with Gasteiger partial charge in [-0.3, -0.25) is 4.57 Å².